The van der Waals surface area contributed by atoms with Crippen molar-refractivity contribution in [3.63, 3.8) is 0 Å². The molecule has 0 aliphatic rings. The van der Waals surface area contributed by atoms with Gasteiger partial charge in [-0.15, -0.1) is 0 Å². The van der Waals surface area contributed by atoms with Crippen molar-refractivity contribution in [2.24, 2.45) is 5.73 Å². The predicted molar refractivity (Wildman–Crippen MR) is 68.6 cm³/mol. The Balaban J connectivity index is 2.46. The third kappa shape index (κ3) is 2.70. The normalized spacial score (nSPS) is 10.3. The molecule has 0 aliphatic carbocycles. The molecule has 19 heavy (non-hydrogen) atoms. The van der Waals surface area contributed by atoms with E-state index in [1.165, 1.54) is 24.3 Å². The fraction of sp³-hybridized carbons (Fsp3) is 0.0714. The summed E-state index contributed by atoms with van der Waals surface area (Å²) in [5.41, 5.74) is 5.93. The van der Waals surface area contributed by atoms with Crippen molar-refractivity contribution in [2.45, 2.75) is 6.92 Å². The van der Waals surface area contributed by atoms with E-state index in [-0.39, 0.29) is 17.1 Å². The average molecular weight is 262 g/mol. The van der Waals surface area contributed by atoms with E-state index in [9.17, 15) is 8.78 Å². The van der Waals surface area contributed by atoms with E-state index in [4.69, 9.17) is 15.9 Å². The zero-order valence-corrected chi connectivity index (χ0v) is 10.2. The van der Waals surface area contributed by atoms with Crippen molar-refractivity contribution in [3.8, 4) is 11.5 Å². The van der Waals surface area contributed by atoms with Crippen molar-refractivity contribution in [1.82, 2.24) is 0 Å². The second kappa shape index (κ2) is 5.06. The zero-order chi connectivity index (χ0) is 14.0. The zero-order valence-electron chi connectivity index (χ0n) is 10.2. The molecule has 2 aromatic rings. The molecule has 0 bridgehead atoms. The molecule has 0 aromatic heterocycles. The Hall–Kier alpha value is -2.43. The average Bonchev–Trinajstić information content (AvgIpc) is 2.33. The van der Waals surface area contributed by atoms with Crippen molar-refractivity contribution >= 4 is 5.84 Å². The number of ether oxygens (including phenoxy) is 1. The maximum atomic E-state index is 13.6. The highest BCUT2D eigenvalue weighted by Gasteiger charge is 2.14. The number of rotatable bonds is 3. The van der Waals surface area contributed by atoms with Crippen LogP contribution in [0, 0.1) is 24.0 Å². The molecule has 0 atom stereocenters. The van der Waals surface area contributed by atoms with Crippen LogP contribution in [0.1, 0.15) is 11.1 Å². The van der Waals surface area contributed by atoms with Gasteiger partial charge in [0.15, 0.2) is 11.6 Å². The van der Waals surface area contributed by atoms with Crippen molar-refractivity contribution in [2.75, 3.05) is 0 Å². The first kappa shape index (κ1) is 13.0. The molecule has 0 aliphatic heterocycles. The third-order valence-electron chi connectivity index (χ3n) is 2.55. The first-order chi connectivity index (χ1) is 8.99. The van der Waals surface area contributed by atoms with Crippen LogP contribution in [0.3, 0.4) is 0 Å². The molecule has 3 N–H and O–H groups in total. The van der Waals surface area contributed by atoms with Gasteiger partial charge in [0.05, 0.1) is 5.56 Å². The van der Waals surface area contributed by atoms with Crippen LogP contribution in [-0.4, -0.2) is 5.84 Å². The first-order valence-corrected chi connectivity index (χ1v) is 5.56. The largest absolute Gasteiger partial charge is 0.453 e. The van der Waals surface area contributed by atoms with E-state index in [1.54, 1.807) is 13.0 Å². The summed E-state index contributed by atoms with van der Waals surface area (Å²) < 4.78 is 32.5. The minimum Gasteiger partial charge on any atom is -0.453 e. The van der Waals surface area contributed by atoms with Crippen LogP contribution >= 0.6 is 0 Å². The number of amidine groups is 1. The Morgan fingerprint density at radius 1 is 1.11 bits per heavy atom. The summed E-state index contributed by atoms with van der Waals surface area (Å²) in [7, 11) is 0. The Bertz CT molecular complexity index is 641. The molecule has 0 spiro atoms. The maximum absolute atomic E-state index is 13.6. The number of benzene rings is 2. The summed E-state index contributed by atoms with van der Waals surface area (Å²) in [6.07, 6.45) is 0. The highest BCUT2D eigenvalue weighted by atomic mass is 19.1. The summed E-state index contributed by atoms with van der Waals surface area (Å²) in [6, 6.07) is 8.35. The van der Waals surface area contributed by atoms with Crippen molar-refractivity contribution in [3.05, 3.63) is 59.2 Å². The summed E-state index contributed by atoms with van der Waals surface area (Å²) in [6.45, 7) is 1.78. The summed E-state index contributed by atoms with van der Waals surface area (Å²) in [5, 5.41) is 7.34. The molecule has 0 saturated carbocycles. The van der Waals surface area contributed by atoms with Crippen LogP contribution in [-0.2, 0) is 0 Å². The van der Waals surface area contributed by atoms with Gasteiger partial charge in [-0.3, -0.25) is 5.41 Å². The molecular weight excluding hydrogens is 250 g/mol. The molecular formula is C14H12F2N2O. The number of hydrogen-bond donors (Lipinski definition) is 2. The number of hydrogen-bond acceptors (Lipinski definition) is 2. The van der Waals surface area contributed by atoms with E-state index in [0.29, 0.717) is 0 Å². The second-order valence-corrected chi connectivity index (χ2v) is 4.06. The second-order valence-electron chi connectivity index (χ2n) is 4.06. The Labute approximate surface area is 109 Å². The van der Waals surface area contributed by atoms with Gasteiger partial charge in [0.25, 0.3) is 0 Å². The minimum absolute atomic E-state index is 0.0111. The number of aryl methyl sites for hydroxylation is 1. The lowest BCUT2D eigenvalue weighted by Gasteiger charge is -2.12. The fourth-order valence-corrected chi connectivity index (χ4v) is 1.66. The molecule has 0 unspecified atom stereocenters. The lowest BCUT2D eigenvalue weighted by molar-refractivity contribution is 0.437. The highest BCUT2D eigenvalue weighted by molar-refractivity contribution is 5.98. The predicted octanol–water partition coefficient (Wildman–Crippen LogP) is 3.35. The number of nitrogens with one attached hydrogen (secondary N) is 1. The lowest BCUT2D eigenvalue weighted by atomic mass is 10.1. The molecule has 5 heteroatoms. The first-order valence-electron chi connectivity index (χ1n) is 5.56. The minimum atomic E-state index is -0.682. The Morgan fingerprint density at radius 3 is 2.53 bits per heavy atom. The van der Waals surface area contributed by atoms with E-state index in [2.05, 4.69) is 0 Å². The lowest BCUT2D eigenvalue weighted by Crippen LogP contribution is -2.14. The van der Waals surface area contributed by atoms with Gasteiger partial charge in [-0.25, -0.2) is 8.78 Å². The van der Waals surface area contributed by atoms with Crippen LogP contribution in [0.25, 0.3) is 0 Å². The third-order valence-corrected chi connectivity index (χ3v) is 2.55. The fourth-order valence-electron chi connectivity index (χ4n) is 1.66. The summed E-state index contributed by atoms with van der Waals surface area (Å²) in [5.74, 6) is -1.74. The van der Waals surface area contributed by atoms with Crippen LogP contribution in [0.2, 0.25) is 0 Å². The van der Waals surface area contributed by atoms with Gasteiger partial charge >= 0.3 is 0 Å². The summed E-state index contributed by atoms with van der Waals surface area (Å²) in [4.78, 5) is 0. The number of halogens is 2. The van der Waals surface area contributed by atoms with Crippen molar-refractivity contribution < 1.29 is 13.5 Å². The quantitative estimate of drug-likeness (QED) is 0.658. The smallest absolute Gasteiger partial charge is 0.165 e. The van der Waals surface area contributed by atoms with E-state index in [1.807, 2.05) is 0 Å². The van der Waals surface area contributed by atoms with Crippen LogP contribution in [0.5, 0.6) is 11.5 Å². The van der Waals surface area contributed by atoms with Gasteiger partial charge < -0.3 is 10.5 Å². The molecule has 3 nitrogen and oxygen atoms in total. The Kier molecular flexibility index (Phi) is 3.46. The highest BCUT2D eigenvalue weighted by Crippen LogP contribution is 2.29. The molecule has 0 amide bonds. The van der Waals surface area contributed by atoms with Gasteiger partial charge in [-0.1, -0.05) is 12.1 Å². The molecule has 2 rings (SSSR count). The standard InChI is InChI=1S/C14H12F2N2O/c1-8-5-6-9(15)12(7-8)19-11-4-2-3-10(16)13(11)14(17)18/h2-7H,1H3,(H3,17,18). The van der Waals surface area contributed by atoms with Crippen LogP contribution in [0.4, 0.5) is 8.78 Å². The van der Waals surface area contributed by atoms with Crippen LogP contribution < -0.4 is 10.5 Å². The summed E-state index contributed by atoms with van der Waals surface area (Å²) >= 11 is 0. The molecule has 0 fully saturated rings. The van der Waals surface area contributed by atoms with Gasteiger partial charge in [-0.05, 0) is 36.8 Å². The van der Waals surface area contributed by atoms with E-state index in [0.717, 1.165) is 11.6 Å². The molecule has 98 valence electrons. The monoisotopic (exact) mass is 262 g/mol. The van der Waals surface area contributed by atoms with E-state index < -0.39 is 17.5 Å². The van der Waals surface area contributed by atoms with Gasteiger partial charge in [0.1, 0.15) is 17.4 Å². The topological polar surface area (TPSA) is 59.1 Å². The van der Waals surface area contributed by atoms with Gasteiger partial charge in [-0.2, -0.15) is 0 Å². The molecule has 0 heterocycles. The van der Waals surface area contributed by atoms with Gasteiger partial charge in [0.2, 0.25) is 0 Å². The molecule has 0 radical (unpaired) electrons. The SMILES string of the molecule is Cc1ccc(F)c(Oc2cccc(F)c2C(=N)N)c1. The maximum Gasteiger partial charge on any atom is 0.165 e. The van der Waals surface area contributed by atoms with Gasteiger partial charge in [0, 0.05) is 0 Å². The van der Waals surface area contributed by atoms with E-state index >= 15 is 0 Å². The molecule has 0 saturated heterocycles. The number of nitrogen functional groups attached to an aromatic ring is 1. The molecule has 2 aromatic carbocycles. The number of nitrogens with two attached hydrogens (primary N) is 1. The van der Waals surface area contributed by atoms with Crippen LogP contribution in [0.15, 0.2) is 36.4 Å². The Morgan fingerprint density at radius 2 is 1.84 bits per heavy atom. The van der Waals surface area contributed by atoms with Crippen molar-refractivity contribution in [1.29, 1.82) is 5.41 Å².